The number of ether oxygens (including phenoxy) is 1. The van der Waals surface area contributed by atoms with Crippen LogP contribution in [-0.4, -0.2) is 12.1 Å². The zero-order valence-electron chi connectivity index (χ0n) is 9.57. The molecule has 0 aromatic carbocycles. The molecule has 0 amide bonds. The van der Waals surface area contributed by atoms with Crippen molar-refractivity contribution in [2.75, 3.05) is 7.11 Å². The van der Waals surface area contributed by atoms with E-state index in [1.54, 1.807) is 13.3 Å². The molecule has 1 aromatic rings. The van der Waals surface area contributed by atoms with Crippen molar-refractivity contribution < 1.29 is 4.74 Å². The highest BCUT2D eigenvalue weighted by atomic mass is 16.5. The number of unbranched alkanes of at least 4 members (excludes halogenated alkanes) is 2. The maximum atomic E-state index is 6.05. The SMILES string of the molecule is CCCCC[C@H](N)c1ccc(OC)nc1. The van der Waals surface area contributed by atoms with Crippen LogP contribution in [0, 0.1) is 0 Å². The lowest BCUT2D eigenvalue weighted by atomic mass is 10.0. The van der Waals surface area contributed by atoms with Crippen LogP contribution in [0.2, 0.25) is 0 Å². The molecule has 0 aliphatic carbocycles. The van der Waals surface area contributed by atoms with E-state index in [1.807, 2.05) is 12.1 Å². The van der Waals surface area contributed by atoms with Gasteiger partial charge in [0, 0.05) is 18.3 Å². The summed E-state index contributed by atoms with van der Waals surface area (Å²) in [6.45, 7) is 2.19. The molecule has 0 aliphatic rings. The molecule has 1 aromatic heterocycles. The van der Waals surface area contributed by atoms with Crippen molar-refractivity contribution in [1.29, 1.82) is 0 Å². The Bertz CT molecular complexity index is 271. The minimum atomic E-state index is 0.106. The Balaban J connectivity index is 2.46. The Kier molecular flexibility index (Phi) is 5.12. The fraction of sp³-hybridized carbons (Fsp3) is 0.583. The molecule has 0 saturated carbocycles. The number of pyridine rings is 1. The van der Waals surface area contributed by atoms with Gasteiger partial charge in [0.25, 0.3) is 0 Å². The second-order valence-electron chi connectivity index (χ2n) is 3.74. The number of nitrogens with zero attached hydrogens (tertiary/aromatic N) is 1. The fourth-order valence-corrected chi connectivity index (χ4v) is 1.51. The molecular weight excluding hydrogens is 188 g/mol. The lowest BCUT2D eigenvalue weighted by molar-refractivity contribution is 0.397. The predicted molar refractivity (Wildman–Crippen MR) is 61.9 cm³/mol. The maximum absolute atomic E-state index is 6.05. The average molecular weight is 208 g/mol. The largest absolute Gasteiger partial charge is 0.481 e. The molecule has 0 bridgehead atoms. The number of methoxy groups -OCH3 is 1. The minimum Gasteiger partial charge on any atom is -0.481 e. The Morgan fingerprint density at radius 3 is 2.73 bits per heavy atom. The van der Waals surface area contributed by atoms with Gasteiger partial charge in [0.05, 0.1) is 7.11 Å². The molecule has 3 heteroatoms. The van der Waals surface area contributed by atoms with Gasteiger partial charge in [-0.25, -0.2) is 4.98 Å². The Morgan fingerprint density at radius 2 is 2.20 bits per heavy atom. The zero-order chi connectivity index (χ0) is 11.1. The molecule has 0 unspecified atom stereocenters. The summed E-state index contributed by atoms with van der Waals surface area (Å²) >= 11 is 0. The van der Waals surface area contributed by atoms with Crippen LogP contribution in [0.5, 0.6) is 5.88 Å². The first kappa shape index (κ1) is 12.0. The summed E-state index contributed by atoms with van der Waals surface area (Å²) in [6.07, 6.45) is 6.49. The molecule has 1 atom stereocenters. The molecule has 15 heavy (non-hydrogen) atoms. The van der Waals surface area contributed by atoms with Gasteiger partial charge in [0.15, 0.2) is 0 Å². The van der Waals surface area contributed by atoms with Crippen molar-refractivity contribution in [3.05, 3.63) is 23.9 Å². The zero-order valence-corrected chi connectivity index (χ0v) is 9.57. The molecule has 3 nitrogen and oxygen atoms in total. The van der Waals surface area contributed by atoms with Crippen molar-refractivity contribution in [3.8, 4) is 5.88 Å². The molecule has 0 spiro atoms. The topological polar surface area (TPSA) is 48.1 Å². The fourth-order valence-electron chi connectivity index (χ4n) is 1.51. The van der Waals surface area contributed by atoms with E-state index in [0.717, 1.165) is 12.0 Å². The second-order valence-corrected chi connectivity index (χ2v) is 3.74. The van der Waals surface area contributed by atoms with Crippen LogP contribution in [0.1, 0.15) is 44.2 Å². The van der Waals surface area contributed by atoms with Crippen molar-refractivity contribution in [2.24, 2.45) is 5.73 Å². The van der Waals surface area contributed by atoms with E-state index in [-0.39, 0.29) is 6.04 Å². The summed E-state index contributed by atoms with van der Waals surface area (Å²) in [5, 5.41) is 0. The van der Waals surface area contributed by atoms with E-state index < -0.39 is 0 Å². The summed E-state index contributed by atoms with van der Waals surface area (Å²) < 4.78 is 5.00. The molecule has 0 saturated heterocycles. The molecule has 1 rings (SSSR count). The quantitative estimate of drug-likeness (QED) is 0.731. The molecule has 84 valence electrons. The van der Waals surface area contributed by atoms with Crippen LogP contribution in [0.25, 0.3) is 0 Å². The predicted octanol–water partition coefficient (Wildman–Crippen LogP) is 2.67. The van der Waals surface area contributed by atoms with Crippen LogP contribution in [-0.2, 0) is 0 Å². The first-order chi connectivity index (χ1) is 7.27. The summed E-state index contributed by atoms with van der Waals surface area (Å²) in [6, 6.07) is 3.95. The summed E-state index contributed by atoms with van der Waals surface area (Å²) in [4.78, 5) is 4.14. The Hall–Kier alpha value is -1.09. The smallest absolute Gasteiger partial charge is 0.212 e. The third-order valence-corrected chi connectivity index (χ3v) is 2.52. The molecule has 0 fully saturated rings. The molecule has 2 N–H and O–H groups in total. The van der Waals surface area contributed by atoms with Crippen LogP contribution in [0.3, 0.4) is 0 Å². The van der Waals surface area contributed by atoms with E-state index in [9.17, 15) is 0 Å². The highest BCUT2D eigenvalue weighted by Gasteiger charge is 2.05. The van der Waals surface area contributed by atoms with Gasteiger partial charge in [-0.3, -0.25) is 0 Å². The van der Waals surface area contributed by atoms with Gasteiger partial charge in [0.2, 0.25) is 5.88 Å². The van der Waals surface area contributed by atoms with E-state index in [2.05, 4.69) is 11.9 Å². The van der Waals surface area contributed by atoms with E-state index in [4.69, 9.17) is 10.5 Å². The lowest BCUT2D eigenvalue weighted by Gasteiger charge is -2.11. The number of rotatable bonds is 6. The number of hydrogen-bond acceptors (Lipinski definition) is 3. The van der Waals surface area contributed by atoms with Crippen molar-refractivity contribution >= 4 is 0 Å². The third-order valence-electron chi connectivity index (χ3n) is 2.52. The van der Waals surface area contributed by atoms with Gasteiger partial charge >= 0.3 is 0 Å². The highest BCUT2D eigenvalue weighted by molar-refractivity contribution is 5.20. The van der Waals surface area contributed by atoms with Crippen molar-refractivity contribution in [2.45, 2.75) is 38.6 Å². The summed E-state index contributed by atoms with van der Waals surface area (Å²) in [5.41, 5.74) is 7.14. The molecular formula is C12H20N2O. The molecule has 1 heterocycles. The van der Waals surface area contributed by atoms with E-state index >= 15 is 0 Å². The lowest BCUT2D eigenvalue weighted by Crippen LogP contribution is -2.10. The van der Waals surface area contributed by atoms with E-state index in [1.165, 1.54) is 19.3 Å². The number of hydrogen-bond donors (Lipinski definition) is 1. The number of nitrogens with two attached hydrogens (primary N) is 1. The van der Waals surface area contributed by atoms with Crippen LogP contribution in [0.15, 0.2) is 18.3 Å². The monoisotopic (exact) mass is 208 g/mol. The third kappa shape index (κ3) is 3.88. The normalized spacial score (nSPS) is 12.5. The van der Waals surface area contributed by atoms with Crippen molar-refractivity contribution in [3.63, 3.8) is 0 Å². The minimum absolute atomic E-state index is 0.106. The Morgan fingerprint density at radius 1 is 1.40 bits per heavy atom. The Labute approximate surface area is 91.7 Å². The second kappa shape index (κ2) is 6.40. The standard InChI is InChI=1S/C12H20N2O/c1-3-4-5-6-11(13)10-7-8-12(15-2)14-9-10/h7-9,11H,3-6,13H2,1-2H3/t11-/m0/s1. The van der Waals surface area contributed by atoms with Gasteiger partial charge in [0.1, 0.15) is 0 Å². The van der Waals surface area contributed by atoms with E-state index in [0.29, 0.717) is 5.88 Å². The highest BCUT2D eigenvalue weighted by Crippen LogP contribution is 2.18. The van der Waals surface area contributed by atoms with Gasteiger partial charge in [-0.1, -0.05) is 32.3 Å². The van der Waals surface area contributed by atoms with Gasteiger partial charge in [-0.2, -0.15) is 0 Å². The number of aromatic nitrogens is 1. The summed E-state index contributed by atoms with van der Waals surface area (Å²) in [5.74, 6) is 0.638. The maximum Gasteiger partial charge on any atom is 0.212 e. The van der Waals surface area contributed by atoms with Gasteiger partial charge < -0.3 is 10.5 Å². The van der Waals surface area contributed by atoms with Gasteiger partial charge in [-0.05, 0) is 12.0 Å². The van der Waals surface area contributed by atoms with Crippen LogP contribution >= 0.6 is 0 Å². The average Bonchev–Trinajstić information content (AvgIpc) is 2.29. The summed E-state index contributed by atoms with van der Waals surface area (Å²) in [7, 11) is 1.61. The van der Waals surface area contributed by atoms with Crippen LogP contribution in [0.4, 0.5) is 0 Å². The molecule has 0 radical (unpaired) electrons. The van der Waals surface area contributed by atoms with Crippen LogP contribution < -0.4 is 10.5 Å². The van der Waals surface area contributed by atoms with Gasteiger partial charge in [-0.15, -0.1) is 0 Å². The first-order valence-electron chi connectivity index (χ1n) is 5.53. The van der Waals surface area contributed by atoms with Crippen molar-refractivity contribution in [1.82, 2.24) is 4.98 Å². The first-order valence-corrected chi connectivity index (χ1v) is 5.53. The molecule has 0 aliphatic heterocycles.